The fourth-order valence-electron chi connectivity index (χ4n) is 1.78. The van der Waals surface area contributed by atoms with E-state index in [4.69, 9.17) is 4.74 Å². The standard InChI is InChI=1S/C13H12BrN5O/c1-7-3-4-8(14)5-9(7)20-12-10-11(17-6-16-10)18-13(15-2)19-12/h3-6H,1-2H3,(H2,15,16,17,18,19). The lowest BCUT2D eigenvalue weighted by atomic mass is 10.2. The Labute approximate surface area is 123 Å². The average Bonchev–Trinajstić information content (AvgIpc) is 2.91. The molecule has 3 rings (SSSR count). The molecule has 0 aliphatic carbocycles. The topological polar surface area (TPSA) is 75.7 Å². The van der Waals surface area contributed by atoms with Gasteiger partial charge in [-0.3, -0.25) is 0 Å². The van der Waals surface area contributed by atoms with Crippen molar-refractivity contribution in [1.82, 2.24) is 19.9 Å². The lowest BCUT2D eigenvalue weighted by Crippen LogP contribution is -2.00. The molecule has 2 heterocycles. The minimum Gasteiger partial charge on any atom is -0.437 e. The molecule has 0 aliphatic rings. The number of aromatic amines is 1. The summed E-state index contributed by atoms with van der Waals surface area (Å²) in [5, 5.41) is 2.90. The normalized spacial score (nSPS) is 10.8. The first kappa shape index (κ1) is 12.9. The van der Waals surface area contributed by atoms with E-state index in [0.717, 1.165) is 15.8 Å². The van der Waals surface area contributed by atoms with E-state index in [1.54, 1.807) is 13.4 Å². The molecular formula is C13H12BrN5O. The first-order valence-electron chi connectivity index (χ1n) is 6.00. The molecular weight excluding hydrogens is 322 g/mol. The number of rotatable bonds is 3. The van der Waals surface area contributed by atoms with Crippen LogP contribution in [-0.4, -0.2) is 27.0 Å². The highest BCUT2D eigenvalue weighted by molar-refractivity contribution is 9.10. The van der Waals surface area contributed by atoms with Crippen molar-refractivity contribution in [1.29, 1.82) is 0 Å². The maximum atomic E-state index is 5.91. The van der Waals surface area contributed by atoms with Crippen molar-refractivity contribution < 1.29 is 4.74 Å². The van der Waals surface area contributed by atoms with Crippen LogP contribution in [0.2, 0.25) is 0 Å². The summed E-state index contributed by atoms with van der Waals surface area (Å²) in [4.78, 5) is 15.7. The molecule has 2 aromatic heterocycles. The van der Waals surface area contributed by atoms with Crippen LogP contribution in [0.4, 0.5) is 5.95 Å². The fourth-order valence-corrected chi connectivity index (χ4v) is 2.12. The molecule has 2 N–H and O–H groups in total. The number of nitrogens with zero attached hydrogens (tertiary/aromatic N) is 3. The molecule has 0 saturated heterocycles. The number of aromatic nitrogens is 4. The number of halogens is 1. The van der Waals surface area contributed by atoms with Gasteiger partial charge in [0.25, 0.3) is 5.88 Å². The maximum Gasteiger partial charge on any atom is 0.250 e. The van der Waals surface area contributed by atoms with E-state index in [9.17, 15) is 0 Å². The number of ether oxygens (including phenoxy) is 1. The van der Waals surface area contributed by atoms with Crippen molar-refractivity contribution in [2.75, 3.05) is 12.4 Å². The number of hydrogen-bond donors (Lipinski definition) is 2. The highest BCUT2D eigenvalue weighted by Crippen LogP contribution is 2.30. The van der Waals surface area contributed by atoms with E-state index in [1.165, 1.54) is 0 Å². The quantitative estimate of drug-likeness (QED) is 0.769. The number of anilines is 1. The molecule has 0 aliphatic heterocycles. The molecule has 0 spiro atoms. The van der Waals surface area contributed by atoms with Crippen molar-refractivity contribution >= 4 is 33.0 Å². The summed E-state index contributed by atoms with van der Waals surface area (Å²) in [5.74, 6) is 1.64. The third-order valence-corrected chi connectivity index (χ3v) is 3.33. The van der Waals surface area contributed by atoms with Gasteiger partial charge in [-0.25, -0.2) is 4.98 Å². The summed E-state index contributed by atoms with van der Waals surface area (Å²) < 4.78 is 6.86. The highest BCUT2D eigenvalue weighted by Gasteiger charge is 2.12. The number of fused-ring (bicyclic) bond motifs is 1. The van der Waals surface area contributed by atoms with Crippen LogP contribution >= 0.6 is 15.9 Å². The van der Waals surface area contributed by atoms with Crippen molar-refractivity contribution in [2.45, 2.75) is 6.92 Å². The molecule has 1 aromatic carbocycles. The van der Waals surface area contributed by atoms with Gasteiger partial charge >= 0.3 is 0 Å². The zero-order chi connectivity index (χ0) is 14.1. The van der Waals surface area contributed by atoms with Gasteiger partial charge in [-0.15, -0.1) is 0 Å². The third-order valence-electron chi connectivity index (χ3n) is 2.83. The Balaban J connectivity index is 2.09. The second kappa shape index (κ2) is 5.09. The number of H-pyrrole nitrogens is 1. The predicted molar refractivity (Wildman–Crippen MR) is 80.2 cm³/mol. The van der Waals surface area contributed by atoms with Crippen LogP contribution < -0.4 is 10.1 Å². The minimum absolute atomic E-state index is 0.443. The molecule has 6 nitrogen and oxygen atoms in total. The first-order chi connectivity index (χ1) is 9.67. The van der Waals surface area contributed by atoms with Crippen LogP contribution in [-0.2, 0) is 0 Å². The summed E-state index contributed by atoms with van der Waals surface area (Å²) >= 11 is 3.43. The molecule has 0 fully saturated rings. The van der Waals surface area contributed by atoms with Crippen LogP contribution in [0.15, 0.2) is 29.0 Å². The highest BCUT2D eigenvalue weighted by atomic mass is 79.9. The molecule has 0 bridgehead atoms. The second-order valence-electron chi connectivity index (χ2n) is 4.22. The van der Waals surface area contributed by atoms with Crippen LogP contribution in [0.25, 0.3) is 11.2 Å². The molecule has 7 heteroatoms. The van der Waals surface area contributed by atoms with Gasteiger partial charge in [-0.05, 0) is 24.6 Å². The Kier molecular flexibility index (Phi) is 3.27. The fraction of sp³-hybridized carbons (Fsp3) is 0.154. The van der Waals surface area contributed by atoms with Gasteiger partial charge in [-0.2, -0.15) is 9.97 Å². The van der Waals surface area contributed by atoms with E-state index >= 15 is 0 Å². The molecule has 0 radical (unpaired) electrons. The summed E-state index contributed by atoms with van der Waals surface area (Å²) in [6.45, 7) is 1.98. The molecule has 3 aromatic rings. The predicted octanol–water partition coefficient (Wildman–Crippen LogP) is 3.26. The van der Waals surface area contributed by atoms with Crippen molar-refractivity contribution in [2.24, 2.45) is 0 Å². The Morgan fingerprint density at radius 3 is 2.95 bits per heavy atom. The second-order valence-corrected chi connectivity index (χ2v) is 5.13. The maximum absolute atomic E-state index is 5.91. The minimum atomic E-state index is 0.443. The number of hydrogen-bond acceptors (Lipinski definition) is 5. The van der Waals surface area contributed by atoms with Crippen LogP contribution in [0.1, 0.15) is 5.56 Å². The monoisotopic (exact) mass is 333 g/mol. The van der Waals surface area contributed by atoms with Crippen LogP contribution in [0.5, 0.6) is 11.6 Å². The molecule has 0 amide bonds. The van der Waals surface area contributed by atoms with E-state index in [2.05, 4.69) is 41.2 Å². The zero-order valence-corrected chi connectivity index (χ0v) is 12.5. The lowest BCUT2D eigenvalue weighted by molar-refractivity contribution is 0.464. The first-order valence-corrected chi connectivity index (χ1v) is 6.79. The Morgan fingerprint density at radius 1 is 1.30 bits per heavy atom. The van der Waals surface area contributed by atoms with Gasteiger partial charge in [0.15, 0.2) is 5.65 Å². The lowest BCUT2D eigenvalue weighted by Gasteiger charge is -2.09. The number of nitrogens with one attached hydrogen (secondary N) is 2. The Hall–Kier alpha value is -2.15. The Bertz CT molecular complexity index is 771. The number of imidazole rings is 1. The zero-order valence-electron chi connectivity index (χ0n) is 10.9. The van der Waals surface area contributed by atoms with E-state index in [0.29, 0.717) is 23.0 Å². The van der Waals surface area contributed by atoms with Crippen molar-refractivity contribution in [3.63, 3.8) is 0 Å². The van der Waals surface area contributed by atoms with Crippen molar-refractivity contribution in [3.05, 3.63) is 34.6 Å². The summed E-state index contributed by atoms with van der Waals surface area (Å²) in [5.41, 5.74) is 2.25. The van der Waals surface area contributed by atoms with Gasteiger partial charge in [0.1, 0.15) is 11.3 Å². The van der Waals surface area contributed by atoms with Gasteiger partial charge in [-0.1, -0.05) is 22.0 Å². The smallest absolute Gasteiger partial charge is 0.250 e. The molecule has 20 heavy (non-hydrogen) atoms. The third kappa shape index (κ3) is 2.32. The molecule has 0 saturated carbocycles. The number of aryl methyl sites for hydroxylation is 1. The summed E-state index contributed by atoms with van der Waals surface area (Å²) in [6, 6.07) is 5.84. The van der Waals surface area contributed by atoms with Crippen molar-refractivity contribution in [3.8, 4) is 11.6 Å². The molecule has 0 unspecified atom stereocenters. The van der Waals surface area contributed by atoms with Gasteiger partial charge in [0, 0.05) is 11.5 Å². The average molecular weight is 334 g/mol. The molecule has 0 atom stereocenters. The summed E-state index contributed by atoms with van der Waals surface area (Å²) in [7, 11) is 1.75. The van der Waals surface area contributed by atoms with Gasteiger partial charge in [0.2, 0.25) is 5.95 Å². The van der Waals surface area contributed by atoms with Crippen LogP contribution in [0.3, 0.4) is 0 Å². The Morgan fingerprint density at radius 2 is 2.15 bits per heavy atom. The largest absolute Gasteiger partial charge is 0.437 e. The van der Waals surface area contributed by atoms with Crippen LogP contribution in [0, 0.1) is 6.92 Å². The van der Waals surface area contributed by atoms with Gasteiger partial charge < -0.3 is 15.0 Å². The van der Waals surface area contributed by atoms with E-state index < -0.39 is 0 Å². The van der Waals surface area contributed by atoms with E-state index in [1.807, 2.05) is 25.1 Å². The SMILES string of the molecule is CNc1nc(Oc2cc(Br)ccc2C)c2[nH]cnc2n1. The molecule has 102 valence electrons. The van der Waals surface area contributed by atoms with E-state index in [-0.39, 0.29) is 0 Å². The summed E-state index contributed by atoms with van der Waals surface area (Å²) in [6.07, 6.45) is 1.57. The number of benzene rings is 1. The van der Waals surface area contributed by atoms with Gasteiger partial charge in [0.05, 0.1) is 6.33 Å².